The van der Waals surface area contributed by atoms with Crippen LogP contribution in [0.4, 0.5) is 11.4 Å². The van der Waals surface area contributed by atoms with Crippen LogP contribution in [-0.2, 0) is 9.53 Å². The van der Waals surface area contributed by atoms with Gasteiger partial charge in [0.05, 0.1) is 19.8 Å². The predicted octanol–water partition coefficient (Wildman–Crippen LogP) is 2.83. The van der Waals surface area contributed by atoms with Gasteiger partial charge in [-0.15, -0.1) is 0 Å². The predicted molar refractivity (Wildman–Crippen MR) is 106 cm³/mol. The maximum Gasteiger partial charge on any atom is 0.254 e. The number of ether oxygens (including phenoxy) is 1. The van der Waals surface area contributed by atoms with Gasteiger partial charge in [0.1, 0.15) is 0 Å². The third kappa shape index (κ3) is 5.08. The third-order valence-corrected chi connectivity index (χ3v) is 4.65. The summed E-state index contributed by atoms with van der Waals surface area (Å²) in [6.45, 7) is 6.56. The molecule has 0 aromatic heterocycles. The van der Waals surface area contributed by atoms with Crippen LogP contribution in [0.5, 0.6) is 0 Å². The number of morpholine rings is 1. The average Bonchev–Trinajstić information content (AvgIpc) is 2.69. The number of amides is 2. The number of hydrogen-bond donors (Lipinski definition) is 2. The summed E-state index contributed by atoms with van der Waals surface area (Å²) >= 11 is 0. The molecule has 27 heavy (non-hydrogen) atoms. The van der Waals surface area contributed by atoms with Crippen molar-refractivity contribution in [1.82, 2.24) is 4.90 Å². The molecule has 0 unspecified atom stereocenters. The topological polar surface area (TPSA) is 70.7 Å². The summed E-state index contributed by atoms with van der Waals surface area (Å²) in [5.74, 6) is -0.202. The van der Waals surface area contributed by atoms with Crippen molar-refractivity contribution < 1.29 is 14.3 Å². The van der Waals surface area contributed by atoms with Crippen LogP contribution >= 0.6 is 0 Å². The summed E-state index contributed by atoms with van der Waals surface area (Å²) in [6.07, 6.45) is 0. The molecule has 6 nitrogen and oxygen atoms in total. The highest BCUT2D eigenvalue weighted by atomic mass is 16.5. The van der Waals surface area contributed by atoms with Crippen molar-refractivity contribution in [3.05, 3.63) is 59.2 Å². The van der Waals surface area contributed by atoms with Gasteiger partial charge < -0.3 is 20.3 Å². The lowest BCUT2D eigenvalue weighted by Gasteiger charge is -2.27. The molecule has 0 bridgehead atoms. The molecular formula is C21H25N3O3. The first kappa shape index (κ1) is 18.9. The number of benzene rings is 2. The van der Waals surface area contributed by atoms with Gasteiger partial charge in [0.15, 0.2) is 0 Å². The molecule has 142 valence electrons. The number of anilines is 2. The van der Waals surface area contributed by atoms with E-state index < -0.39 is 0 Å². The molecule has 2 N–H and O–H groups in total. The van der Waals surface area contributed by atoms with Crippen molar-refractivity contribution in [2.24, 2.45) is 0 Å². The molecule has 2 aromatic rings. The summed E-state index contributed by atoms with van der Waals surface area (Å²) in [5.41, 5.74) is 4.48. The molecule has 1 aliphatic heterocycles. The maximum absolute atomic E-state index is 12.6. The standard InChI is InChI=1S/C21H25N3O3/c1-15-6-7-18(12-16(15)2)22-14-20(25)23-19-5-3-4-17(13-19)21(26)24-8-10-27-11-9-24/h3-7,12-13,22H,8-11,14H2,1-2H3,(H,23,25). The van der Waals surface area contributed by atoms with Crippen LogP contribution < -0.4 is 10.6 Å². The van der Waals surface area contributed by atoms with E-state index in [1.54, 1.807) is 29.2 Å². The van der Waals surface area contributed by atoms with Gasteiger partial charge in [-0.3, -0.25) is 9.59 Å². The molecule has 0 atom stereocenters. The molecule has 0 spiro atoms. The van der Waals surface area contributed by atoms with Crippen molar-refractivity contribution in [1.29, 1.82) is 0 Å². The zero-order valence-corrected chi connectivity index (χ0v) is 15.7. The molecule has 2 aromatic carbocycles. The molecule has 2 amide bonds. The van der Waals surface area contributed by atoms with Gasteiger partial charge in [-0.1, -0.05) is 12.1 Å². The van der Waals surface area contributed by atoms with Gasteiger partial charge in [0, 0.05) is 30.0 Å². The minimum absolute atomic E-state index is 0.0392. The van der Waals surface area contributed by atoms with E-state index >= 15 is 0 Å². The highest BCUT2D eigenvalue weighted by molar-refractivity contribution is 5.98. The van der Waals surface area contributed by atoms with E-state index in [1.165, 1.54) is 11.1 Å². The minimum atomic E-state index is -0.163. The van der Waals surface area contributed by atoms with Crippen LogP contribution in [-0.4, -0.2) is 49.6 Å². The van der Waals surface area contributed by atoms with Gasteiger partial charge in [-0.2, -0.15) is 0 Å². The second-order valence-corrected chi connectivity index (χ2v) is 6.69. The molecule has 1 saturated heterocycles. The third-order valence-electron chi connectivity index (χ3n) is 4.65. The van der Waals surface area contributed by atoms with Crippen LogP contribution in [0.1, 0.15) is 21.5 Å². The van der Waals surface area contributed by atoms with Crippen LogP contribution in [0, 0.1) is 13.8 Å². The number of hydrogen-bond acceptors (Lipinski definition) is 4. The van der Waals surface area contributed by atoms with Gasteiger partial charge in [-0.05, 0) is 55.3 Å². The Morgan fingerprint density at radius 1 is 1.00 bits per heavy atom. The number of aryl methyl sites for hydroxylation is 2. The number of carbonyl (C=O) groups is 2. The van der Waals surface area contributed by atoms with E-state index in [-0.39, 0.29) is 18.4 Å². The summed E-state index contributed by atoms with van der Waals surface area (Å²) in [6, 6.07) is 13.0. The molecule has 1 heterocycles. The second-order valence-electron chi connectivity index (χ2n) is 6.69. The Morgan fingerprint density at radius 3 is 2.52 bits per heavy atom. The lowest BCUT2D eigenvalue weighted by molar-refractivity contribution is -0.114. The largest absolute Gasteiger partial charge is 0.378 e. The fourth-order valence-corrected chi connectivity index (χ4v) is 2.92. The van der Waals surface area contributed by atoms with Gasteiger partial charge in [0.25, 0.3) is 5.91 Å². The lowest BCUT2D eigenvalue weighted by atomic mass is 10.1. The fourth-order valence-electron chi connectivity index (χ4n) is 2.92. The smallest absolute Gasteiger partial charge is 0.254 e. The first-order valence-electron chi connectivity index (χ1n) is 9.11. The van der Waals surface area contributed by atoms with E-state index in [0.717, 1.165) is 5.69 Å². The van der Waals surface area contributed by atoms with E-state index in [4.69, 9.17) is 4.74 Å². The fraction of sp³-hybridized carbons (Fsp3) is 0.333. The number of nitrogens with zero attached hydrogens (tertiary/aromatic N) is 1. The van der Waals surface area contributed by atoms with Gasteiger partial charge >= 0.3 is 0 Å². The number of carbonyl (C=O) groups excluding carboxylic acids is 2. The SMILES string of the molecule is Cc1ccc(NCC(=O)Nc2cccc(C(=O)N3CCOCC3)c2)cc1C. The van der Waals surface area contributed by atoms with Crippen LogP contribution in [0.25, 0.3) is 0 Å². The summed E-state index contributed by atoms with van der Waals surface area (Å²) < 4.78 is 5.28. The molecule has 3 rings (SSSR count). The van der Waals surface area contributed by atoms with Crippen LogP contribution in [0.2, 0.25) is 0 Å². The average molecular weight is 367 g/mol. The summed E-state index contributed by atoms with van der Waals surface area (Å²) in [4.78, 5) is 26.6. The summed E-state index contributed by atoms with van der Waals surface area (Å²) in [7, 11) is 0. The Labute approximate surface area is 159 Å². The molecule has 6 heteroatoms. The van der Waals surface area contributed by atoms with Crippen molar-refractivity contribution in [3.63, 3.8) is 0 Å². The normalized spacial score (nSPS) is 13.9. The van der Waals surface area contributed by atoms with Crippen molar-refractivity contribution >= 4 is 23.2 Å². The molecule has 0 radical (unpaired) electrons. The number of nitrogens with one attached hydrogen (secondary N) is 2. The first-order chi connectivity index (χ1) is 13.0. The van der Waals surface area contributed by atoms with E-state index in [0.29, 0.717) is 37.6 Å². The van der Waals surface area contributed by atoms with Crippen molar-refractivity contribution in [3.8, 4) is 0 Å². The Morgan fingerprint density at radius 2 is 1.78 bits per heavy atom. The van der Waals surface area contributed by atoms with E-state index in [1.807, 2.05) is 25.1 Å². The second kappa shape index (κ2) is 8.68. The Bertz CT molecular complexity index is 829. The Hall–Kier alpha value is -2.86. The highest BCUT2D eigenvalue weighted by Gasteiger charge is 2.18. The number of rotatable bonds is 5. The van der Waals surface area contributed by atoms with E-state index in [2.05, 4.69) is 17.6 Å². The van der Waals surface area contributed by atoms with Crippen molar-refractivity contribution in [2.75, 3.05) is 43.5 Å². The Balaban J connectivity index is 1.57. The monoisotopic (exact) mass is 367 g/mol. The zero-order chi connectivity index (χ0) is 19.2. The molecule has 1 fully saturated rings. The quantitative estimate of drug-likeness (QED) is 0.853. The molecule has 0 saturated carbocycles. The summed E-state index contributed by atoms with van der Waals surface area (Å²) in [5, 5.41) is 5.96. The highest BCUT2D eigenvalue weighted by Crippen LogP contribution is 2.15. The first-order valence-corrected chi connectivity index (χ1v) is 9.11. The zero-order valence-electron chi connectivity index (χ0n) is 15.7. The van der Waals surface area contributed by atoms with Crippen LogP contribution in [0.15, 0.2) is 42.5 Å². The van der Waals surface area contributed by atoms with Gasteiger partial charge in [-0.25, -0.2) is 0 Å². The molecule has 0 aliphatic carbocycles. The Kier molecular flexibility index (Phi) is 6.08. The van der Waals surface area contributed by atoms with Crippen LogP contribution in [0.3, 0.4) is 0 Å². The molecular weight excluding hydrogens is 342 g/mol. The lowest BCUT2D eigenvalue weighted by Crippen LogP contribution is -2.40. The van der Waals surface area contributed by atoms with Crippen molar-refractivity contribution in [2.45, 2.75) is 13.8 Å². The molecule has 1 aliphatic rings. The maximum atomic E-state index is 12.6. The van der Waals surface area contributed by atoms with Gasteiger partial charge in [0.2, 0.25) is 5.91 Å². The van der Waals surface area contributed by atoms with E-state index in [9.17, 15) is 9.59 Å². The minimum Gasteiger partial charge on any atom is -0.378 e.